The van der Waals surface area contributed by atoms with E-state index < -0.39 is 0 Å². The SMILES string of the molecule is CCN1CCCC1CNC(=O)CCC1CCN(C(=O)c2ccc(N(C)C)cc2)CC1. The van der Waals surface area contributed by atoms with Gasteiger partial charge in [-0.05, 0) is 75.4 Å². The van der Waals surface area contributed by atoms with Gasteiger partial charge in [-0.1, -0.05) is 6.92 Å². The topological polar surface area (TPSA) is 55.9 Å². The minimum atomic E-state index is 0.119. The molecule has 1 aromatic rings. The van der Waals surface area contributed by atoms with Crippen LogP contribution in [0.15, 0.2) is 24.3 Å². The van der Waals surface area contributed by atoms with E-state index in [0.29, 0.717) is 18.4 Å². The Kier molecular flexibility index (Phi) is 8.14. The third-order valence-electron chi connectivity index (χ3n) is 6.75. The number of piperidine rings is 1. The first-order valence-corrected chi connectivity index (χ1v) is 11.5. The fourth-order valence-electron chi connectivity index (χ4n) is 4.71. The number of hydrogen-bond acceptors (Lipinski definition) is 4. The van der Waals surface area contributed by atoms with Gasteiger partial charge in [0.05, 0.1) is 0 Å². The number of nitrogens with zero attached hydrogens (tertiary/aromatic N) is 3. The Labute approximate surface area is 181 Å². The van der Waals surface area contributed by atoms with E-state index in [2.05, 4.69) is 17.1 Å². The van der Waals surface area contributed by atoms with Gasteiger partial charge in [0.2, 0.25) is 5.91 Å². The van der Waals surface area contributed by atoms with Crippen LogP contribution in [0.1, 0.15) is 55.8 Å². The highest BCUT2D eigenvalue weighted by Crippen LogP contribution is 2.24. The minimum Gasteiger partial charge on any atom is -0.378 e. The second-order valence-corrected chi connectivity index (χ2v) is 8.94. The average Bonchev–Trinajstić information content (AvgIpc) is 3.24. The van der Waals surface area contributed by atoms with Crippen LogP contribution in [-0.2, 0) is 4.79 Å². The predicted octanol–water partition coefficient (Wildman–Crippen LogP) is 2.99. The second-order valence-electron chi connectivity index (χ2n) is 8.94. The molecule has 2 aliphatic rings. The van der Waals surface area contributed by atoms with Crippen molar-refractivity contribution in [2.24, 2.45) is 5.92 Å². The van der Waals surface area contributed by atoms with Gasteiger partial charge in [0.15, 0.2) is 0 Å². The lowest BCUT2D eigenvalue weighted by Crippen LogP contribution is -2.40. The van der Waals surface area contributed by atoms with Gasteiger partial charge in [-0.15, -0.1) is 0 Å². The molecule has 2 fully saturated rings. The molecule has 1 aromatic carbocycles. The first kappa shape index (κ1) is 22.6. The van der Waals surface area contributed by atoms with Crippen molar-refractivity contribution in [3.63, 3.8) is 0 Å². The lowest BCUT2D eigenvalue weighted by atomic mass is 9.91. The molecule has 0 saturated carbocycles. The Morgan fingerprint density at radius 1 is 1.07 bits per heavy atom. The molecular formula is C24H38N4O2. The third-order valence-corrected chi connectivity index (χ3v) is 6.75. The zero-order chi connectivity index (χ0) is 21.5. The molecule has 1 unspecified atom stereocenters. The monoisotopic (exact) mass is 414 g/mol. The maximum Gasteiger partial charge on any atom is 0.253 e. The summed E-state index contributed by atoms with van der Waals surface area (Å²) in [5.41, 5.74) is 1.85. The van der Waals surface area contributed by atoms with Crippen molar-refractivity contribution in [2.75, 3.05) is 51.7 Å². The lowest BCUT2D eigenvalue weighted by molar-refractivity contribution is -0.121. The Hall–Kier alpha value is -2.08. The number of rotatable bonds is 8. The van der Waals surface area contributed by atoms with Crippen LogP contribution in [0.5, 0.6) is 0 Å². The van der Waals surface area contributed by atoms with Gasteiger partial charge < -0.3 is 15.1 Å². The average molecular weight is 415 g/mol. The predicted molar refractivity (Wildman–Crippen MR) is 122 cm³/mol. The molecule has 3 rings (SSSR count). The summed E-state index contributed by atoms with van der Waals surface area (Å²) in [5, 5.41) is 3.14. The number of anilines is 1. The van der Waals surface area contributed by atoms with Crippen LogP contribution in [0, 0.1) is 5.92 Å². The van der Waals surface area contributed by atoms with Crippen molar-refractivity contribution >= 4 is 17.5 Å². The molecule has 166 valence electrons. The Morgan fingerprint density at radius 3 is 2.40 bits per heavy atom. The van der Waals surface area contributed by atoms with E-state index in [1.807, 2.05) is 48.2 Å². The number of hydrogen-bond donors (Lipinski definition) is 1. The van der Waals surface area contributed by atoms with Gasteiger partial charge in [-0.2, -0.15) is 0 Å². The summed E-state index contributed by atoms with van der Waals surface area (Å²) in [4.78, 5) is 31.5. The molecule has 30 heavy (non-hydrogen) atoms. The minimum absolute atomic E-state index is 0.119. The zero-order valence-corrected chi connectivity index (χ0v) is 18.9. The van der Waals surface area contributed by atoms with Crippen LogP contribution >= 0.6 is 0 Å². The number of carbonyl (C=O) groups excluding carboxylic acids is 2. The van der Waals surface area contributed by atoms with Gasteiger partial charge in [0.25, 0.3) is 5.91 Å². The summed E-state index contributed by atoms with van der Waals surface area (Å²) in [6.07, 6.45) is 5.93. The molecule has 1 N–H and O–H groups in total. The number of nitrogens with one attached hydrogen (secondary N) is 1. The largest absolute Gasteiger partial charge is 0.378 e. The van der Waals surface area contributed by atoms with E-state index >= 15 is 0 Å². The van der Waals surface area contributed by atoms with E-state index in [9.17, 15) is 9.59 Å². The number of benzene rings is 1. The van der Waals surface area contributed by atoms with Crippen molar-refractivity contribution in [2.45, 2.75) is 51.5 Å². The van der Waals surface area contributed by atoms with Crippen molar-refractivity contribution in [3.8, 4) is 0 Å². The highest BCUT2D eigenvalue weighted by Gasteiger charge is 2.25. The summed E-state index contributed by atoms with van der Waals surface area (Å²) in [7, 11) is 3.99. The van der Waals surface area contributed by atoms with E-state index in [4.69, 9.17) is 0 Å². The third kappa shape index (κ3) is 5.97. The fourth-order valence-corrected chi connectivity index (χ4v) is 4.71. The van der Waals surface area contributed by atoms with E-state index in [1.54, 1.807) is 0 Å². The molecule has 0 radical (unpaired) electrons. The van der Waals surface area contributed by atoms with Crippen molar-refractivity contribution in [3.05, 3.63) is 29.8 Å². The zero-order valence-electron chi connectivity index (χ0n) is 18.9. The van der Waals surface area contributed by atoms with Crippen molar-refractivity contribution in [1.29, 1.82) is 0 Å². The number of likely N-dealkylation sites (tertiary alicyclic amines) is 2. The Balaban J connectivity index is 1.36. The standard InChI is InChI=1S/C24H38N4O2/c1-4-27-15-5-6-22(27)18-25-23(29)12-7-19-13-16-28(17-14-19)24(30)20-8-10-21(11-9-20)26(2)3/h8-11,19,22H,4-7,12-18H2,1-3H3,(H,25,29). The summed E-state index contributed by atoms with van der Waals surface area (Å²) in [5.74, 6) is 0.834. The summed E-state index contributed by atoms with van der Waals surface area (Å²) >= 11 is 0. The summed E-state index contributed by atoms with van der Waals surface area (Å²) < 4.78 is 0. The lowest BCUT2D eigenvalue weighted by Gasteiger charge is -2.32. The number of carbonyl (C=O) groups is 2. The summed E-state index contributed by atoms with van der Waals surface area (Å²) in [6, 6.07) is 8.32. The second kappa shape index (κ2) is 10.8. The Morgan fingerprint density at radius 2 is 1.77 bits per heavy atom. The van der Waals surface area contributed by atoms with Gasteiger partial charge in [-0.3, -0.25) is 14.5 Å². The highest BCUT2D eigenvalue weighted by atomic mass is 16.2. The first-order chi connectivity index (χ1) is 14.5. The molecule has 0 aliphatic carbocycles. The molecule has 1 atom stereocenters. The van der Waals surface area contributed by atoms with Crippen LogP contribution in [0.2, 0.25) is 0 Å². The van der Waals surface area contributed by atoms with E-state index in [1.165, 1.54) is 12.8 Å². The number of amides is 2. The molecule has 0 spiro atoms. The molecule has 6 heteroatoms. The fraction of sp³-hybridized carbons (Fsp3) is 0.667. The van der Waals surface area contributed by atoms with Crippen LogP contribution in [0.4, 0.5) is 5.69 Å². The molecule has 2 aliphatic heterocycles. The molecule has 2 saturated heterocycles. The smallest absolute Gasteiger partial charge is 0.253 e. The van der Waals surface area contributed by atoms with Crippen molar-refractivity contribution < 1.29 is 9.59 Å². The molecule has 0 aromatic heterocycles. The van der Waals surface area contributed by atoms with E-state index in [-0.39, 0.29) is 11.8 Å². The van der Waals surface area contributed by atoms with Gasteiger partial charge >= 0.3 is 0 Å². The van der Waals surface area contributed by atoms with Crippen LogP contribution in [0.25, 0.3) is 0 Å². The van der Waals surface area contributed by atoms with Gasteiger partial charge in [0, 0.05) is 57.4 Å². The number of likely N-dealkylation sites (N-methyl/N-ethyl adjacent to an activating group) is 1. The van der Waals surface area contributed by atoms with E-state index in [0.717, 1.165) is 63.2 Å². The normalized spacial score (nSPS) is 20.4. The molecule has 2 heterocycles. The van der Waals surface area contributed by atoms with Crippen LogP contribution in [-0.4, -0.2) is 74.5 Å². The molecular weight excluding hydrogens is 376 g/mol. The van der Waals surface area contributed by atoms with Crippen molar-refractivity contribution in [1.82, 2.24) is 15.1 Å². The Bertz CT molecular complexity index is 696. The maximum atomic E-state index is 12.8. The first-order valence-electron chi connectivity index (χ1n) is 11.5. The highest BCUT2D eigenvalue weighted by molar-refractivity contribution is 5.94. The van der Waals surface area contributed by atoms with Gasteiger partial charge in [0.1, 0.15) is 0 Å². The quantitative estimate of drug-likeness (QED) is 0.711. The van der Waals surface area contributed by atoms with Gasteiger partial charge in [-0.25, -0.2) is 0 Å². The molecule has 6 nitrogen and oxygen atoms in total. The molecule has 2 amide bonds. The maximum absolute atomic E-state index is 12.8. The summed E-state index contributed by atoms with van der Waals surface area (Å²) in [6.45, 7) is 6.77. The molecule has 0 bridgehead atoms. The van der Waals surface area contributed by atoms with Crippen LogP contribution < -0.4 is 10.2 Å². The van der Waals surface area contributed by atoms with Crippen LogP contribution in [0.3, 0.4) is 0 Å².